The average molecular weight is 355 g/mol. The van der Waals surface area contributed by atoms with Crippen molar-refractivity contribution in [2.45, 2.75) is 6.92 Å². The monoisotopic (exact) mass is 355 g/mol. The van der Waals surface area contributed by atoms with Crippen molar-refractivity contribution < 1.29 is 14.4 Å². The van der Waals surface area contributed by atoms with Crippen LogP contribution in [0.5, 0.6) is 0 Å². The number of benzene rings is 1. The Kier molecular flexibility index (Phi) is 5.90. The van der Waals surface area contributed by atoms with E-state index in [1.165, 1.54) is 38.4 Å². The summed E-state index contributed by atoms with van der Waals surface area (Å²) < 4.78 is 1.65. The summed E-state index contributed by atoms with van der Waals surface area (Å²) in [6, 6.07) is 4.48. The molecule has 3 amide bonds. The Hall–Kier alpha value is -3.42. The predicted octanol–water partition coefficient (Wildman–Crippen LogP) is 1.18. The van der Waals surface area contributed by atoms with E-state index in [1.54, 1.807) is 31.0 Å². The molecular weight excluding hydrogens is 334 g/mol. The van der Waals surface area contributed by atoms with Gasteiger partial charge >= 0.3 is 0 Å². The first-order valence-electron chi connectivity index (χ1n) is 7.91. The van der Waals surface area contributed by atoms with E-state index in [1.807, 2.05) is 0 Å². The molecule has 0 radical (unpaired) electrons. The molecule has 0 aliphatic rings. The van der Waals surface area contributed by atoms with Crippen molar-refractivity contribution in [2.24, 2.45) is 7.05 Å². The lowest BCUT2D eigenvalue weighted by Crippen LogP contribution is -2.22. The van der Waals surface area contributed by atoms with Crippen molar-refractivity contribution in [1.82, 2.24) is 20.4 Å². The maximum atomic E-state index is 12.3. The fourth-order valence-electron chi connectivity index (χ4n) is 2.33. The second-order valence-electron chi connectivity index (χ2n) is 5.68. The number of hydrogen-bond acceptors (Lipinski definition) is 4. The van der Waals surface area contributed by atoms with Crippen LogP contribution in [0.25, 0.3) is 5.57 Å². The van der Waals surface area contributed by atoms with Gasteiger partial charge in [0.05, 0.1) is 6.20 Å². The van der Waals surface area contributed by atoms with Gasteiger partial charge in [0.15, 0.2) is 0 Å². The van der Waals surface area contributed by atoms with Crippen LogP contribution in [0, 0.1) is 0 Å². The van der Waals surface area contributed by atoms with Crippen LogP contribution in [0.1, 0.15) is 33.2 Å². The van der Waals surface area contributed by atoms with E-state index in [2.05, 4.69) is 21.0 Å². The van der Waals surface area contributed by atoms with Crippen molar-refractivity contribution >= 4 is 29.0 Å². The van der Waals surface area contributed by atoms with E-state index in [0.29, 0.717) is 5.69 Å². The molecule has 2 aromatic rings. The molecule has 1 aromatic carbocycles. The maximum absolute atomic E-state index is 12.3. The zero-order chi connectivity index (χ0) is 19.3. The van der Waals surface area contributed by atoms with Crippen molar-refractivity contribution in [2.75, 3.05) is 19.4 Å². The summed E-state index contributed by atoms with van der Waals surface area (Å²) in [7, 11) is 4.78. The second-order valence-corrected chi connectivity index (χ2v) is 5.68. The Morgan fingerprint density at radius 2 is 1.58 bits per heavy atom. The van der Waals surface area contributed by atoms with Gasteiger partial charge in [0, 0.05) is 55.8 Å². The van der Waals surface area contributed by atoms with Gasteiger partial charge in [-0.15, -0.1) is 0 Å². The molecule has 0 atom stereocenters. The van der Waals surface area contributed by atoms with Gasteiger partial charge in [-0.1, -0.05) is 0 Å². The van der Waals surface area contributed by atoms with Gasteiger partial charge in [0.25, 0.3) is 11.8 Å². The topological polar surface area (TPSA) is 105 Å². The molecule has 0 spiro atoms. The molecule has 0 fully saturated rings. The molecule has 0 saturated heterocycles. The first-order valence-corrected chi connectivity index (χ1v) is 7.91. The van der Waals surface area contributed by atoms with E-state index >= 15 is 0 Å². The molecule has 26 heavy (non-hydrogen) atoms. The van der Waals surface area contributed by atoms with Crippen LogP contribution in [0.4, 0.5) is 5.69 Å². The third-order valence-electron chi connectivity index (χ3n) is 3.69. The number of carbonyl (C=O) groups excluding carboxylic acids is 3. The number of nitrogens with zero attached hydrogens (tertiary/aromatic N) is 2. The maximum Gasteiger partial charge on any atom is 0.251 e. The molecule has 1 heterocycles. The van der Waals surface area contributed by atoms with Crippen molar-refractivity contribution in [3.8, 4) is 0 Å². The number of hydrogen-bond donors (Lipinski definition) is 3. The molecule has 0 saturated carbocycles. The lowest BCUT2D eigenvalue weighted by Gasteiger charge is -2.09. The number of amides is 3. The zero-order valence-corrected chi connectivity index (χ0v) is 15.1. The van der Waals surface area contributed by atoms with Crippen LogP contribution in [-0.2, 0) is 11.8 Å². The molecule has 8 heteroatoms. The number of aryl methyl sites for hydroxylation is 1. The third-order valence-corrected chi connectivity index (χ3v) is 3.69. The van der Waals surface area contributed by atoms with Gasteiger partial charge in [-0.25, -0.2) is 0 Å². The summed E-state index contributed by atoms with van der Waals surface area (Å²) in [5.41, 5.74) is 2.47. The first-order chi connectivity index (χ1) is 12.3. The van der Waals surface area contributed by atoms with Crippen LogP contribution in [0.15, 0.2) is 36.7 Å². The van der Waals surface area contributed by atoms with E-state index < -0.39 is 0 Å². The molecule has 0 aliphatic carbocycles. The number of allylic oxidation sites excluding steroid dienone is 1. The Morgan fingerprint density at radius 3 is 2.04 bits per heavy atom. The molecule has 136 valence electrons. The van der Waals surface area contributed by atoms with Gasteiger partial charge in [-0.2, -0.15) is 5.10 Å². The van der Waals surface area contributed by atoms with Crippen LogP contribution < -0.4 is 16.0 Å². The molecule has 0 bridgehead atoms. The number of carbonyl (C=O) groups is 3. The number of anilines is 1. The normalized spacial score (nSPS) is 11.0. The Balaban J connectivity index is 2.28. The summed E-state index contributed by atoms with van der Waals surface area (Å²) in [5.74, 6) is -1.08. The minimum absolute atomic E-state index is 0.275. The lowest BCUT2D eigenvalue weighted by atomic mass is 10.1. The SMILES string of the molecule is CNC(=O)c1cc(NC(=O)/C=C(\C)c2cnn(C)c2)cc(C(=O)NC)c1. The Morgan fingerprint density at radius 1 is 1.00 bits per heavy atom. The summed E-state index contributed by atoms with van der Waals surface area (Å²) in [4.78, 5) is 36.1. The Bertz CT molecular complexity index is 848. The molecule has 8 nitrogen and oxygen atoms in total. The highest BCUT2D eigenvalue weighted by atomic mass is 16.2. The molecule has 2 rings (SSSR count). The quantitative estimate of drug-likeness (QED) is 0.701. The minimum atomic E-state index is -0.372. The molecule has 3 N–H and O–H groups in total. The fraction of sp³-hybridized carbons (Fsp3) is 0.222. The predicted molar refractivity (Wildman–Crippen MR) is 98.7 cm³/mol. The van der Waals surface area contributed by atoms with Crippen molar-refractivity contribution in [1.29, 1.82) is 0 Å². The van der Waals surface area contributed by atoms with Gasteiger partial charge in [-0.3, -0.25) is 19.1 Å². The van der Waals surface area contributed by atoms with Gasteiger partial charge in [-0.05, 0) is 30.7 Å². The van der Waals surface area contributed by atoms with Crippen molar-refractivity contribution in [3.63, 3.8) is 0 Å². The highest BCUT2D eigenvalue weighted by Gasteiger charge is 2.12. The standard InChI is InChI=1S/C18H21N5O3/c1-11(14-9-21-23(4)10-14)5-16(24)22-15-7-12(17(25)19-2)6-13(8-15)18(26)20-3/h5-10H,1-4H3,(H,19,25)(H,20,26)(H,22,24)/b11-5+. The average Bonchev–Trinajstić information content (AvgIpc) is 3.06. The molecular formula is C18H21N5O3. The summed E-state index contributed by atoms with van der Waals surface area (Å²) in [6.45, 7) is 1.80. The van der Waals surface area contributed by atoms with Crippen LogP contribution >= 0.6 is 0 Å². The number of rotatable bonds is 5. The fourth-order valence-corrected chi connectivity index (χ4v) is 2.33. The highest BCUT2D eigenvalue weighted by molar-refractivity contribution is 6.06. The summed E-state index contributed by atoms with van der Waals surface area (Å²) in [5, 5.41) is 11.7. The first kappa shape index (κ1) is 18.9. The Labute approximate surface area is 151 Å². The van der Waals surface area contributed by atoms with Crippen LogP contribution in [0.3, 0.4) is 0 Å². The van der Waals surface area contributed by atoms with Gasteiger partial charge < -0.3 is 16.0 Å². The van der Waals surface area contributed by atoms with E-state index in [9.17, 15) is 14.4 Å². The molecule has 0 unspecified atom stereocenters. The van der Waals surface area contributed by atoms with E-state index in [4.69, 9.17) is 0 Å². The number of aromatic nitrogens is 2. The largest absolute Gasteiger partial charge is 0.355 e. The van der Waals surface area contributed by atoms with Gasteiger partial charge in [0.2, 0.25) is 5.91 Å². The van der Waals surface area contributed by atoms with Crippen LogP contribution in [0.2, 0.25) is 0 Å². The minimum Gasteiger partial charge on any atom is -0.355 e. The van der Waals surface area contributed by atoms with E-state index in [-0.39, 0.29) is 28.8 Å². The highest BCUT2D eigenvalue weighted by Crippen LogP contribution is 2.17. The zero-order valence-electron chi connectivity index (χ0n) is 15.1. The van der Waals surface area contributed by atoms with E-state index in [0.717, 1.165) is 11.1 Å². The van der Waals surface area contributed by atoms with Crippen molar-refractivity contribution in [3.05, 3.63) is 53.4 Å². The third kappa shape index (κ3) is 4.56. The summed E-state index contributed by atoms with van der Waals surface area (Å²) in [6.07, 6.45) is 4.90. The lowest BCUT2D eigenvalue weighted by molar-refractivity contribution is -0.111. The second kappa shape index (κ2) is 8.11. The summed E-state index contributed by atoms with van der Waals surface area (Å²) >= 11 is 0. The smallest absolute Gasteiger partial charge is 0.251 e. The van der Waals surface area contributed by atoms with Crippen LogP contribution in [-0.4, -0.2) is 41.6 Å². The molecule has 0 aliphatic heterocycles. The molecule has 1 aromatic heterocycles. The van der Waals surface area contributed by atoms with Gasteiger partial charge in [0.1, 0.15) is 0 Å². The number of nitrogens with one attached hydrogen (secondary N) is 3.